The van der Waals surface area contributed by atoms with Gasteiger partial charge in [0.25, 0.3) is 0 Å². The highest BCUT2D eigenvalue weighted by atomic mass is 35.5. The van der Waals surface area contributed by atoms with Crippen LogP contribution >= 0.6 is 11.6 Å². The van der Waals surface area contributed by atoms with Gasteiger partial charge in [-0.15, -0.1) is 0 Å². The summed E-state index contributed by atoms with van der Waals surface area (Å²) in [5.41, 5.74) is 5.94. The molecule has 0 bridgehead atoms. The van der Waals surface area contributed by atoms with Crippen LogP contribution in [0.3, 0.4) is 0 Å². The van der Waals surface area contributed by atoms with Gasteiger partial charge in [0.05, 0.1) is 17.3 Å². The van der Waals surface area contributed by atoms with Gasteiger partial charge in [-0.1, -0.05) is 24.9 Å². The van der Waals surface area contributed by atoms with Gasteiger partial charge >= 0.3 is 5.97 Å². The first-order valence-corrected chi connectivity index (χ1v) is 5.39. The van der Waals surface area contributed by atoms with E-state index in [1.54, 1.807) is 0 Å². The minimum absolute atomic E-state index is 0.0373. The summed E-state index contributed by atoms with van der Waals surface area (Å²) in [6.07, 6.45) is 1.84. The monoisotopic (exact) mass is 243 g/mol. The van der Waals surface area contributed by atoms with E-state index in [2.05, 4.69) is 0 Å². The van der Waals surface area contributed by atoms with E-state index >= 15 is 0 Å². The molecule has 0 saturated carbocycles. The van der Waals surface area contributed by atoms with Crippen molar-refractivity contribution in [2.24, 2.45) is 0 Å². The zero-order valence-electron chi connectivity index (χ0n) is 9.00. The van der Waals surface area contributed by atoms with E-state index in [9.17, 15) is 4.79 Å². The molecular weight excluding hydrogens is 230 g/mol. The highest BCUT2D eigenvalue weighted by molar-refractivity contribution is 6.33. The smallest absolute Gasteiger partial charge is 0.339 e. The summed E-state index contributed by atoms with van der Waals surface area (Å²) in [4.78, 5) is 10.9. The third-order valence-corrected chi connectivity index (χ3v) is 2.41. The van der Waals surface area contributed by atoms with Crippen molar-refractivity contribution in [1.29, 1.82) is 0 Å². The Morgan fingerprint density at radius 3 is 2.81 bits per heavy atom. The molecule has 0 aliphatic carbocycles. The lowest BCUT2D eigenvalue weighted by Crippen LogP contribution is -2.05. The quantitative estimate of drug-likeness (QED) is 0.616. The molecule has 1 aromatic rings. The number of aromatic carboxylic acids is 1. The van der Waals surface area contributed by atoms with E-state index in [1.807, 2.05) is 6.92 Å². The lowest BCUT2D eigenvalue weighted by atomic mass is 10.2. The van der Waals surface area contributed by atoms with Crippen LogP contribution in [0, 0.1) is 0 Å². The van der Waals surface area contributed by atoms with E-state index in [0.717, 1.165) is 12.8 Å². The average Bonchev–Trinajstić information content (AvgIpc) is 2.23. The van der Waals surface area contributed by atoms with Crippen molar-refractivity contribution in [3.05, 3.63) is 22.7 Å². The predicted octanol–water partition coefficient (Wildman–Crippen LogP) is 2.80. The molecule has 5 heteroatoms. The number of unbranched alkanes of at least 4 members (excludes halogenated alkanes) is 1. The number of nitrogen functional groups attached to an aromatic ring is 1. The average molecular weight is 244 g/mol. The standard InChI is InChI=1S/C11H14ClNO3/c1-2-3-4-16-10-6-9(13)8(12)5-7(10)11(14)15/h5-6H,2-4,13H2,1H3,(H,14,15). The van der Waals surface area contributed by atoms with Gasteiger partial charge in [-0.3, -0.25) is 0 Å². The van der Waals surface area contributed by atoms with Gasteiger partial charge in [0.1, 0.15) is 11.3 Å². The van der Waals surface area contributed by atoms with Crippen LogP contribution in [0.2, 0.25) is 5.02 Å². The van der Waals surface area contributed by atoms with Crippen molar-refractivity contribution < 1.29 is 14.6 Å². The molecular formula is C11H14ClNO3. The van der Waals surface area contributed by atoms with Gasteiger partial charge < -0.3 is 15.6 Å². The van der Waals surface area contributed by atoms with Crippen molar-refractivity contribution in [3.63, 3.8) is 0 Å². The Balaban J connectivity index is 2.95. The molecule has 0 heterocycles. The fraction of sp³-hybridized carbons (Fsp3) is 0.364. The highest BCUT2D eigenvalue weighted by Crippen LogP contribution is 2.29. The Bertz CT molecular complexity index is 393. The van der Waals surface area contributed by atoms with Crippen LogP contribution in [0.4, 0.5) is 5.69 Å². The van der Waals surface area contributed by atoms with Crippen LogP contribution in [0.15, 0.2) is 12.1 Å². The van der Waals surface area contributed by atoms with Crippen LogP contribution in [-0.4, -0.2) is 17.7 Å². The SMILES string of the molecule is CCCCOc1cc(N)c(Cl)cc1C(=O)O. The first-order chi connectivity index (χ1) is 7.56. The molecule has 0 fully saturated rings. The van der Waals surface area contributed by atoms with Gasteiger partial charge in [-0.05, 0) is 12.5 Å². The van der Waals surface area contributed by atoms with Crippen molar-refractivity contribution in [3.8, 4) is 5.75 Å². The molecule has 16 heavy (non-hydrogen) atoms. The summed E-state index contributed by atoms with van der Waals surface area (Å²) < 4.78 is 5.36. The maximum absolute atomic E-state index is 10.9. The zero-order valence-corrected chi connectivity index (χ0v) is 9.75. The second-order valence-electron chi connectivity index (χ2n) is 3.38. The Hall–Kier alpha value is -1.42. The topological polar surface area (TPSA) is 72.5 Å². The lowest BCUT2D eigenvalue weighted by molar-refractivity contribution is 0.0692. The minimum Gasteiger partial charge on any atom is -0.493 e. The van der Waals surface area contributed by atoms with Crippen LogP contribution in [0.1, 0.15) is 30.1 Å². The second kappa shape index (κ2) is 5.61. The number of carboxylic acid groups (broad SMARTS) is 1. The molecule has 1 aromatic carbocycles. The van der Waals surface area contributed by atoms with Gasteiger partial charge in [0.15, 0.2) is 0 Å². The van der Waals surface area contributed by atoms with Gasteiger partial charge in [-0.2, -0.15) is 0 Å². The Morgan fingerprint density at radius 2 is 2.25 bits per heavy atom. The van der Waals surface area contributed by atoms with Gasteiger partial charge in [0.2, 0.25) is 0 Å². The molecule has 0 spiro atoms. The van der Waals surface area contributed by atoms with E-state index in [4.69, 9.17) is 27.2 Å². The number of anilines is 1. The lowest BCUT2D eigenvalue weighted by Gasteiger charge is -2.10. The van der Waals surface area contributed by atoms with Gasteiger partial charge in [0, 0.05) is 6.07 Å². The summed E-state index contributed by atoms with van der Waals surface area (Å²) in [5, 5.41) is 9.18. The van der Waals surface area contributed by atoms with Crippen molar-refractivity contribution in [1.82, 2.24) is 0 Å². The zero-order chi connectivity index (χ0) is 12.1. The fourth-order valence-corrected chi connectivity index (χ4v) is 1.35. The number of carboxylic acids is 1. The number of benzene rings is 1. The predicted molar refractivity (Wildman–Crippen MR) is 63.2 cm³/mol. The van der Waals surface area contributed by atoms with E-state index in [0.29, 0.717) is 12.3 Å². The third kappa shape index (κ3) is 3.03. The van der Waals surface area contributed by atoms with E-state index in [1.165, 1.54) is 12.1 Å². The number of halogens is 1. The first kappa shape index (κ1) is 12.6. The maximum atomic E-state index is 10.9. The third-order valence-electron chi connectivity index (χ3n) is 2.08. The number of rotatable bonds is 5. The van der Waals surface area contributed by atoms with Crippen LogP contribution in [0.5, 0.6) is 5.75 Å². The van der Waals surface area contributed by atoms with Crippen LogP contribution in [-0.2, 0) is 0 Å². The molecule has 88 valence electrons. The maximum Gasteiger partial charge on any atom is 0.339 e. The molecule has 0 saturated heterocycles. The number of carbonyl (C=O) groups is 1. The van der Waals surface area contributed by atoms with Gasteiger partial charge in [-0.25, -0.2) is 4.79 Å². The molecule has 1 rings (SSSR count). The largest absolute Gasteiger partial charge is 0.493 e. The summed E-state index contributed by atoms with van der Waals surface area (Å²) in [6, 6.07) is 2.75. The van der Waals surface area contributed by atoms with Crippen molar-refractivity contribution >= 4 is 23.3 Å². The molecule has 0 radical (unpaired) electrons. The molecule has 0 aliphatic rings. The normalized spacial score (nSPS) is 10.1. The Kier molecular flexibility index (Phi) is 4.43. The summed E-state index contributed by atoms with van der Waals surface area (Å²) >= 11 is 5.75. The summed E-state index contributed by atoms with van der Waals surface area (Å²) in [6.45, 7) is 2.50. The molecule has 3 N–H and O–H groups in total. The van der Waals surface area contributed by atoms with Crippen molar-refractivity contribution in [2.75, 3.05) is 12.3 Å². The van der Waals surface area contributed by atoms with Crippen molar-refractivity contribution in [2.45, 2.75) is 19.8 Å². The molecule has 0 aliphatic heterocycles. The van der Waals surface area contributed by atoms with E-state index in [-0.39, 0.29) is 16.3 Å². The Morgan fingerprint density at radius 1 is 1.56 bits per heavy atom. The highest BCUT2D eigenvalue weighted by Gasteiger charge is 2.14. The molecule has 0 aromatic heterocycles. The fourth-order valence-electron chi connectivity index (χ4n) is 1.18. The molecule has 0 amide bonds. The van der Waals surface area contributed by atoms with Crippen LogP contribution in [0.25, 0.3) is 0 Å². The number of nitrogens with two attached hydrogens (primary N) is 1. The molecule has 4 nitrogen and oxygen atoms in total. The number of hydrogen-bond acceptors (Lipinski definition) is 3. The Labute approximate surface area is 99.0 Å². The minimum atomic E-state index is -1.08. The number of ether oxygens (including phenoxy) is 1. The van der Waals surface area contributed by atoms with E-state index < -0.39 is 5.97 Å². The summed E-state index contributed by atoms with van der Waals surface area (Å²) in [7, 11) is 0. The first-order valence-electron chi connectivity index (χ1n) is 5.01. The second-order valence-corrected chi connectivity index (χ2v) is 3.78. The van der Waals surface area contributed by atoms with Crippen LogP contribution < -0.4 is 10.5 Å². The number of hydrogen-bond donors (Lipinski definition) is 2. The molecule has 0 atom stereocenters. The summed E-state index contributed by atoms with van der Waals surface area (Å²) in [5.74, 6) is -0.809. The molecule has 0 unspecified atom stereocenters.